The third kappa shape index (κ3) is 3.32. The van der Waals surface area contributed by atoms with Crippen molar-refractivity contribution in [1.29, 1.82) is 0 Å². The van der Waals surface area contributed by atoms with Crippen LogP contribution in [0.5, 0.6) is 0 Å². The molecule has 0 spiro atoms. The van der Waals surface area contributed by atoms with Gasteiger partial charge in [0.25, 0.3) is 5.91 Å². The van der Waals surface area contributed by atoms with Crippen molar-refractivity contribution in [1.82, 2.24) is 10.2 Å². The lowest BCUT2D eigenvalue weighted by Crippen LogP contribution is -2.46. The zero-order valence-electron chi connectivity index (χ0n) is 9.32. The van der Waals surface area contributed by atoms with E-state index in [1.165, 1.54) is 11.3 Å². The van der Waals surface area contributed by atoms with Gasteiger partial charge in [-0.15, -0.1) is 11.3 Å². The minimum absolute atomic E-state index is 0.177. The molecule has 1 amide bonds. The first-order valence-electron chi connectivity index (χ1n) is 5.41. The molecule has 84 valence electrons. The van der Waals surface area contributed by atoms with Crippen molar-refractivity contribution < 1.29 is 4.79 Å². The SMILES string of the molecule is CC.O=C(c1cccs1)N1CCNCC1. The number of hydrogen-bond acceptors (Lipinski definition) is 3. The molecule has 0 unspecified atom stereocenters. The van der Waals surface area contributed by atoms with Crippen LogP contribution in [0.1, 0.15) is 23.5 Å². The molecule has 2 rings (SSSR count). The molecule has 1 N–H and O–H groups in total. The average Bonchev–Trinajstić information content (AvgIpc) is 2.85. The van der Waals surface area contributed by atoms with Crippen molar-refractivity contribution in [3.63, 3.8) is 0 Å². The van der Waals surface area contributed by atoms with Gasteiger partial charge in [0.2, 0.25) is 0 Å². The van der Waals surface area contributed by atoms with E-state index >= 15 is 0 Å². The van der Waals surface area contributed by atoms with Crippen molar-refractivity contribution in [2.45, 2.75) is 13.8 Å². The predicted molar refractivity (Wildman–Crippen MR) is 64.4 cm³/mol. The summed E-state index contributed by atoms with van der Waals surface area (Å²) in [6.45, 7) is 7.49. The predicted octanol–water partition coefficient (Wildman–Crippen LogP) is 1.82. The number of nitrogens with one attached hydrogen (secondary N) is 1. The fourth-order valence-corrected chi connectivity index (χ4v) is 2.11. The van der Waals surface area contributed by atoms with Crippen LogP contribution in [0.3, 0.4) is 0 Å². The second-order valence-electron chi connectivity index (χ2n) is 3.02. The van der Waals surface area contributed by atoms with Crippen LogP contribution in [0, 0.1) is 0 Å². The molecule has 2 heterocycles. The van der Waals surface area contributed by atoms with E-state index in [1.807, 2.05) is 36.3 Å². The van der Waals surface area contributed by atoms with E-state index in [1.54, 1.807) is 0 Å². The second kappa shape index (κ2) is 6.58. The number of carbonyl (C=O) groups is 1. The minimum atomic E-state index is 0.177. The molecular weight excluding hydrogens is 208 g/mol. The van der Waals surface area contributed by atoms with Gasteiger partial charge in [-0.1, -0.05) is 19.9 Å². The molecule has 4 heteroatoms. The van der Waals surface area contributed by atoms with E-state index in [9.17, 15) is 4.79 Å². The third-order valence-electron chi connectivity index (χ3n) is 2.14. The van der Waals surface area contributed by atoms with E-state index in [0.29, 0.717) is 0 Å². The fraction of sp³-hybridized carbons (Fsp3) is 0.545. The molecule has 1 aromatic heterocycles. The normalized spacial score (nSPS) is 15.5. The average molecular weight is 226 g/mol. The molecular formula is C11H18N2OS. The Morgan fingerprint density at radius 2 is 2.07 bits per heavy atom. The fourth-order valence-electron chi connectivity index (χ4n) is 1.42. The molecule has 0 saturated carbocycles. The summed E-state index contributed by atoms with van der Waals surface area (Å²) < 4.78 is 0. The van der Waals surface area contributed by atoms with Crippen LogP contribution in [0.2, 0.25) is 0 Å². The molecule has 1 aromatic rings. The van der Waals surface area contributed by atoms with Crippen LogP contribution < -0.4 is 5.32 Å². The van der Waals surface area contributed by atoms with Crippen LogP contribution in [0.25, 0.3) is 0 Å². The maximum absolute atomic E-state index is 11.8. The number of rotatable bonds is 1. The first-order valence-corrected chi connectivity index (χ1v) is 6.29. The van der Waals surface area contributed by atoms with E-state index in [2.05, 4.69) is 5.32 Å². The summed E-state index contributed by atoms with van der Waals surface area (Å²) in [6.07, 6.45) is 0. The van der Waals surface area contributed by atoms with Crippen LogP contribution in [-0.4, -0.2) is 37.0 Å². The van der Waals surface area contributed by atoms with Crippen LogP contribution in [0.4, 0.5) is 0 Å². The molecule has 0 aliphatic carbocycles. The summed E-state index contributed by atoms with van der Waals surface area (Å²) in [5.41, 5.74) is 0. The van der Waals surface area contributed by atoms with Crippen LogP contribution in [-0.2, 0) is 0 Å². The van der Waals surface area contributed by atoms with Crippen LogP contribution in [0.15, 0.2) is 17.5 Å². The maximum atomic E-state index is 11.8. The summed E-state index contributed by atoms with van der Waals surface area (Å²) in [5.74, 6) is 0.177. The smallest absolute Gasteiger partial charge is 0.264 e. The van der Waals surface area contributed by atoms with Crippen molar-refractivity contribution in [3.8, 4) is 0 Å². The number of thiophene rings is 1. The number of hydrogen-bond donors (Lipinski definition) is 1. The van der Waals surface area contributed by atoms with Gasteiger partial charge in [-0.2, -0.15) is 0 Å². The van der Waals surface area contributed by atoms with Crippen molar-refractivity contribution in [3.05, 3.63) is 22.4 Å². The van der Waals surface area contributed by atoms with Gasteiger partial charge in [0.1, 0.15) is 0 Å². The maximum Gasteiger partial charge on any atom is 0.264 e. The first kappa shape index (κ1) is 12.2. The summed E-state index contributed by atoms with van der Waals surface area (Å²) in [6, 6.07) is 3.80. The largest absolute Gasteiger partial charge is 0.335 e. The van der Waals surface area contributed by atoms with Gasteiger partial charge in [-0.05, 0) is 11.4 Å². The quantitative estimate of drug-likeness (QED) is 0.792. The Bertz CT molecular complexity index is 279. The van der Waals surface area contributed by atoms with E-state index in [4.69, 9.17) is 0 Å². The van der Waals surface area contributed by atoms with Gasteiger partial charge in [0.05, 0.1) is 4.88 Å². The Morgan fingerprint density at radius 1 is 1.40 bits per heavy atom. The highest BCUT2D eigenvalue weighted by Crippen LogP contribution is 2.12. The van der Waals surface area contributed by atoms with Gasteiger partial charge in [-0.3, -0.25) is 4.79 Å². The van der Waals surface area contributed by atoms with Crippen molar-refractivity contribution in [2.24, 2.45) is 0 Å². The highest BCUT2D eigenvalue weighted by atomic mass is 32.1. The number of carbonyl (C=O) groups excluding carboxylic acids is 1. The Hall–Kier alpha value is -0.870. The van der Waals surface area contributed by atoms with Gasteiger partial charge in [0.15, 0.2) is 0 Å². The Balaban J connectivity index is 0.000000531. The molecule has 1 saturated heterocycles. The molecule has 0 aromatic carbocycles. The first-order chi connectivity index (χ1) is 7.38. The summed E-state index contributed by atoms with van der Waals surface area (Å²) >= 11 is 1.51. The standard InChI is InChI=1S/C9H12N2OS.C2H6/c12-9(8-2-1-7-13-8)11-5-3-10-4-6-11;1-2/h1-2,7,10H,3-6H2;1-2H3. The number of nitrogens with zero attached hydrogens (tertiary/aromatic N) is 1. The van der Waals surface area contributed by atoms with E-state index in [0.717, 1.165) is 31.1 Å². The van der Waals surface area contributed by atoms with Gasteiger partial charge >= 0.3 is 0 Å². The lowest BCUT2D eigenvalue weighted by molar-refractivity contribution is 0.0740. The summed E-state index contributed by atoms with van der Waals surface area (Å²) in [7, 11) is 0. The highest BCUT2D eigenvalue weighted by molar-refractivity contribution is 7.12. The van der Waals surface area contributed by atoms with Gasteiger partial charge in [-0.25, -0.2) is 0 Å². The topological polar surface area (TPSA) is 32.3 Å². The molecule has 0 atom stereocenters. The summed E-state index contributed by atoms with van der Waals surface area (Å²) in [5, 5.41) is 5.16. The van der Waals surface area contributed by atoms with Crippen molar-refractivity contribution >= 4 is 17.2 Å². The second-order valence-corrected chi connectivity index (χ2v) is 3.97. The Kier molecular flexibility index (Phi) is 5.36. The molecule has 1 aliphatic rings. The zero-order chi connectivity index (χ0) is 11.1. The zero-order valence-corrected chi connectivity index (χ0v) is 10.1. The Labute approximate surface area is 95.1 Å². The summed E-state index contributed by atoms with van der Waals surface area (Å²) in [4.78, 5) is 14.5. The van der Waals surface area contributed by atoms with E-state index in [-0.39, 0.29) is 5.91 Å². The highest BCUT2D eigenvalue weighted by Gasteiger charge is 2.17. The molecule has 0 bridgehead atoms. The molecule has 1 fully saturated rings. The monoisotopic (exact) mass is 226 g/mol. The molecule has 0 radical (unpaired) electrons. The lowest BCUT2D eigenvalue weighted by Gasteiger charge is -2.26. The Morgan fingerprint density at radius 3 is 2.60 bits per heavy atom. The molecule has 1 aliphatic heterocycles. The third-order valence-corrected chi connectivity index (χ3v) is 2.99. The lowest BCUT2D eigenvalue weighted by atomic mass is 10.3. The minimum Gasteiger partial charge on any atom is -0.335 e. The number of piperazine rings is 1. The van der Waals surface area contributed by atoms with E-state index < -0.39 is 0 Å². The van der Waals surface area contributed by atoms with Crippen LogP contribution >= 0.6 is 11.3 Å². The van der Waals surface area contributed by atoms with Crippen molar-refractivity contribution in [2.75, 3.05) is 26.2 Å². The molecule has 15 heavy (non-hydrogen) atoms. The molecule has 3 nitrogen and oxygen atoms in total. The van der Waals surface area contributed by atoms with Gasteiger partial charge in [0, 0.05) is 26.2 Å². The number of amides is 1. The van der Waals surface area contributed by atoms with Gasteiger partial charge < -0.3 is 10.2 Å².